The number of hydrogen-bond acceptors (Lipinski definition) is 3. The number of carboxylic acid groups (broad SMARTS) is 1. The average Bonchev–Trinajstić information content (AvgIpc) is 2.29. The van der Waals surface area contributed by atoms with Crippen LogP contribution in [0.15, 0.2) is 24.3 Å². The number of phenolic OH excluding ortho intramolecular Hbond substituents is 1. The zero-order chi connectivity index (χ0) is 12.3. The van der Waals surface area contributed by atoms with Gasteiger partial charge in [0.25, 0.3) is 0 Å². The monoisotopic (exact) mass is 235 g/mol. The molecule has 2 N–H and O–H groups in total. The Morgan fingerprint density at radius 2 is 2.06 bits per heavy atom. The summed E-state index contributed by atoms with van der Waals surface area (Å²) in [4.78, 5) is 13.0. The Kier molecular flexibility index (Phi) is 3.64. The van der Waals surface area contributed by atoms with E-state index in [9.17, 15) is 9.90 Å². The maximum absolute atomic E-state index is 10.8. The summed E-state index contributed by atoms with van der Waals surface area (Å²) in [5.74, 6) is -0.583. The highest BCUT2D eigenvalue weighted by molar-refractivity contribution is 5.70. The van der Waals surface area contributed by atoms with Gasteiger partial charge in [0.2, 0.25) is 0 Å². The van der Waals surface area contributed by atoms with E-state index < -0.39 is 5.97 Å². The first-order valence-corrected chi connectivity index (χ1v) is 5.88. The molecule has 1 aromatic carbocycles. The highest BCUT2D eigenvalue weighted by Crippen LogP contribution is 2.20. The molecule has 1 aliphatic rings. The summed E-state index contributed by atoms with van der Waals surface area (Å²) in [5, 5.41) is 18.3. The average molecular weight is 235 g/mol. The lowest BCUT2D eigenvalue weighted by Crippen LogP contribution is -2.35. The molecule has 1 fully saturated rings. The zero-order valence-corrected chi connectivity index (χ0v) is 9.67. The molecule has 92 valence electrons. The van der Waals surface area contributed by atoms with E-state index in [2.05, 4.69) is 4.90 Å². The van der Waals surface area contributed by atoms with Gasteiger partial charge in [-0.25, -0.2) is 0 Å². The summed E-state index contributed by atoms with van der Waals surface area (Å²) in [5.41, 5.74) is 1.07. The predicted molar refractivity (Wildman–Crippen MR) is 63.7 cm³/mol. The zero-order valence-electron chi connectivity index (χ0n) is 9.67. The number of benzene rings is 1. The van der Waals surface area contributed by atoms with Crippen LogP contribution in [0.5, 0.6) is 5.75 Å². The number of rotatable bonds is 3. The van der Waals surface area contributed by atoms with Gasteiger partial charge in [-0.1, -0.05) is 12.1 Å². The van der Waals surface area contributed by atoms with Crippen molar-refractivity contribution in [3.8, 4) is 5.75 Å². The lowest BCUT2D eigenvalue weighted by molar-refractivity contribution is -0.143. The van der Waals surface area contributed by atoms with Gasteiger partial charge in [-0.2, -0.15) is 0 Å². The summed E-state index contributed by atoms with van der Waals surface area (Å²) in [7, 11) is 0. The molecular weight excluding hydrogens is 218 g/mol. The Morgan fingerprint density at radius 1 is 1.35 bits per heavy atom. The second-order valence-corrected chi connectivity index (χ2v) is 4.56. The van der Waals surface area contributed by atoms with Gasteiger partial charge >= 0.3 is 5.97 Å². The summed E-state index contributed by atoms with van der Waals surface area (Å²) in [6.45, 7) is 2.40. The van der Waals surface area contributed by atoms with Gasteiger partial charge in [0.1, 0.15) is 5.75 Å². The van der Waals surface area contributed by atoms with Crippen molar-refractivity contribution in [3.05, 3.63) is 29.8 Å². The minimum Gasteiger partial charge on any atom is -0.508 e. The maximum Gasteiger partial charge on any atom is 0.306 e. The topological polar surface area (TPSA) is 60.8 Å². The molecule has 1 aliphatic heterocycles. The first-order valence-electron chi connectivity index (χ1n) is 5.88. The lowest BCUT2D eigenvalue weighted by Gasteiger charge is -2.29. The van der Waals surface area contributed by atoms with E-state index in [0.29, 0.717) is 12.8 Å². The maximum atomic E-state index is 10.8. The minimum absolute atomic E-state index is 0.185. The number of carboxylic acids is 1. The number of likely N-dealkylation sites (tertiary alicyclic amines) is 1. The van der Waals surface area contributed by atoms with Crippen molar-refractivity contribution in [2.45, 2.75) is 19.4 Å². The van der Waals surface area contributed by atoms with Gasteiger partial charge in [0.15, 0.2) is 0 Å². The third-order valence-electron chi connectivity index (χ3n) is 3.25. The van der Waals surface area contributed by atoms with Gasteiger partial charge in [0, 0.05) is 6.54 Å². The molecule has 4 heteroatoms. The summed E-state index contributed by atoms with van der Waals surface area (Å²) < 4.78 is 0. The van der Waals surface area contributed by atoms with E-state index in [1.165, 1.54) is 0 Å². The van der Waals surface area contributed by atoms with Crippen molar-refractivity contribution in [2.24, 2.45) is 5.92 Å². The second-order valence-electron chi connectivity index (χ2n) is 4.56. The Labute approximate surface area is 100 Å². The van der Waals surface area contributed by atoms with Crippen molar-refractivity contribution in [3.63, 3.8) is 0 Å². The van der Waals surface area contributed by atoms with Crippen molar-refractivity contribution in [2.75, 3.05) is 13.1 Å². The van der Waals surface area contributed by atoms with Gasteiger partial charge in [0.05, 0.1) is 5.92 Å². The smallest absolute Gasteiger partial charge is 0.306 e. The Bertz CT molecular complexity index is 397. The molecule has 0 unspecified atom stereocenters. The largest absolute Gasteiger partial charge is 0.508 e. The molecule has 1 saturated heterocycles. The molecule has 0 atom stereocenters. The van der Waals surface area contributed by atoms with Crippen molar-refractivity contribution < 1.29 is 15.0 Å². The van der Waals surface area contributed by atoms with Crippen molar-refractivity contribution >= 4 is 5.97 Å². The number of nitrogens with zero attached hydrogens (tertiary/aromatic N) is 1. The van der Waals surface area contributed by atoms with E-state index in [0.717, 1.165) is 25.2 Å². The molecule has 0 saturated carbocycles. The summed E-state index contributed by atoms with van der Waals surface area (Å²) in [6.07, 6.45) is 1.43. The number of carbonyl (C=O) groups is 1. The minimum atomic E-state index is -0.679. The van der Waals surface area contributed by atoms with Crippen LogP contribution in [0.1, 0.15) is 18.4 Å². The molecule has 0 aromatic heterocycles. The number of hydrogen-bond donors (Lipinski definition) is 2. The van der Waals surface area contributed by atoms with Gasteiger partial charge in [-0.05, 0) is 43.6 Å². The quantitative estimate of drug-likeness (QED) is 0.837. The second kappa shape index (κ2) is 5.19. The highest BCUT2D eigenvalue weighted by atomic mass is 16.4. The summed E-state index contributed by atoms with van der Waals surface area (Å²) in [6, 6.07) is 7.21. The SMILES string of the molecule is O=C(O)C1CCN(Cc2cccc(O)c2)CC1. The number of aliphatic carboxylic acids is 1. The molecule has 4 nitrogen and oxygen atoms in total. The van der Waals surface area contributed by atoms with E-state index in [4.69, 9.17) is 5.11 Å². The highest BCUT2D eigenvalue weighted by Gasteiger charge is 2.24. The predicted octanol–water partition coefficient (Wildman–Crippen LogP) is 1.69. The molecule has 0 amide bonds. The molecule has 0 spiro atoms. The van der Waals surface area contributed by atoms with E-state index in [1.807, 2.05) is 12.1 Å². The van der Waals surface area contributed by atoms with E-state index >= 15 is 0 Å². The standard InChI is InChI=1S/C13H17NO3/c15-12-3-1-2-10(8-12)9-14-6-4-11(5-7-14)13(16)17/h1-3,8,11,15H,4-7,9H2,(H,16,17). The molecule has 0 radical (unpaired) electrons. The summed E-state index contributed by atoms with van der Waals surface area (Å²) >= 11 is 0. The molecule has 17 heavy (non-hydrogen) atoms. The fourth-order valence-electron chi connectivity index (χ4n) is 2.25. The normalized spacial score (nSPS) is 18.1. The molecule has 0 aliphatic carbocycles. The van der Waals surface area contributed by atoms with Crippen LogP contribution in [0.4, 0.5) is 0 Å². The van der Waals surface area contributed by atoms with Crippen LogP contribution in [0.2, 0.25) is 0 Å². The molecule has 2 rings (SSSR count). The van der Waals surface area contributed by atoms with Crippen LogP contribution in [0.3, 0.4) is 0 Å². The molecule has 1 aromatic rings. The number of phenols is 1. The Balaban J connectivity index is 1.88. The molecule has 1 heterocycles. The first-order chi connectivity index (χ1) is 8.15. The number of piperidine rings is 1. The first kappa shape index (κ1) is 11.9. The van der Waals surface area contributed by atoms with E-state index in [-0.39, 0.29) is 11.7 Å². The molecular formula is C13H17NO3. The van der Waals surface area contributed by atoms with E-state index in [1.54, 1.807) is 12.1 Å². The third kappa shape index (κ3) is 3.20. The fraction of sp³-hybridized carbons (Fsp3) is 0.462. The van der Waals surface area contributed by atoms with Crippen molar-refractivity contribution in [1.82, 2.24) is 4.90 Å². The van der Waals surface area contributed by atoms with Gasteiger partial charge in [-0.3, -0.25) is 9.69 Å². The van der Waals surface area contributed by atoms with Crippen LogP contribution in [0, 0.1) is 5.92 Å². The van der Waals surface area contributed by atoms with Crippen molar-refractivity contribution in [1.29, 1.82) is 0 Å². The van der Waals surface area contributed by atoms with Crippen LogP contribution in [-0.2, 0) is 11.3 Å². The van der Waals surface area contributed by atoms with Crippen LogP contribution < -0.4 is 0 Å². The van der Waals surface area contributed by atoms with Crippen LogP contribution in [-0.4, -0.2) is 34.2 Å². The van der Waals surface area contributed by atoms with Crippen LogP contribution >= 0.6 is 0 Å². The lowest BCUT2D eigenvalue weighted by atomic mass is 9.97. The Hall–Kier alpha value is -1.55. The van der Waals surface area contributed by atoms with Gasteiger partial charge < -0.3 is 10.2 Å². The van der Waals surface area contributed by atoms with Crippen LogP contribution in [0.25, 0.3) is 0 Å². The Morgan fingerprint density at radius 3 is 2.65 bits per heavy atom. The number of aromatic hydroxyl groups is 1. The fourth-order valence-corrected chi connectivity index (χ4v) is 2.25. The third-order valence-corrected chi connectivity index (χ3v) is 3.25. The van der Waals surface area contributed by atoms with Gasteiger partial charge in [-0.15, -0.1) is 0 Å². The molecule has 0 bridgehead atoms.